The van der Waals surface area contributed by atoms with E-state index in [4.69, 9.17) is 20.8 Å². The Morgan fingerprint density at radius 1 is 1.04 bits per heavy atom. The van der Waals surface area contributed by atoms with Crippen molar-refractivity contribution in [1.82, 2.24) is 0 Å². The fourth-order valence-corrected chi connectivity index (χ4v) is 1.81. The summed E-state index contributed by atoms with van der Waals surface area (Å²) in [6.07, 6.45) is 0. The molecule has 0 aromatic heterocycles. The van der Waals surface area contributed by atoms with Crippen molar-refractivity contribution < 1.29 is 24.6 Å². The van der Waals surface area contributed by atoms with E-state index in [2.05, 4.69) is 5.48 Å². The molecule has 0 aliphatic heterocycles. The highest BCUT2D eigenvalue weighted by Gasteiger charge is 2.13. The molecular formula is C17H20N2O5. The molecule has 5 N–H and O–H groups in total. The zero-order valence-electron chi connectivity index (χ0n) is 13.4. The van der Waals surface area contributed by atoms with Gasteiger partial charge >= 0.3 is 11.9 Å². The minimum absolute atomic E-state index is 0.0277. The number of carboxylic acid groups (broad SMARTS) is 2. The lowest BCUT2D eigenvalue weighted by molar-refractivity contribution is 0.0696. The van der Waals surface area contributed by atoms with Gasteiger partial charge < -0.3 is 15.9 Å². The molecule has 0 unspecified atom stereocenters. The molecule has 0 saturated heterocycles. The van der Waals surface area contributed by atoms with Crippen LogP contribution in [-0.2, 0) is 4.84 Å². The molecule has 7 heteroatoms. The monoisotopic (exact) mass is 332 g/mol. The molecule has 0 aliphatic carbocycles. The van der Waals surface area contributed by atoms with Crippen LogP contribution in [0.2, 0.25) is 0 Å². The van der Waals surface area contributed by atoms with Crippen LogP contribution >= 0.6 is 0 Å². The fourth-order valence-electron chi connectivity index (χ4n) is 1.81. The molecule has 0 amide bonds. The fraction of sp³-hybridized carbons (Fsp3) is 0.176. The zero-order chi connectivity index (χ0) is 18.1. The van der Waals surface area contributed by atoms with Gasteiger partial charge in [-0.3, -0.25) is 10.3 Å². The van der Waals surface area contributed by atoms with Gasteiger partial charge in [-0.05, 0) is 55.8 Å². The number of hydrogen-bond acceptors (Lipinski definition) is 5. The number of carboxylic acids is 2. The predicted molar refractivity (Wildman–Crippen MR) is 91.2 cm³/mol. The van der Waals surface area contributed by atoms with E-state index in [9.17, 15) is 9.59 Å². The van der Waals surface area contributed by atoms with Crippen LogP contribution in [0.5, 0.6) is 0 Å². The van der Waals surface area contributed by atoms with Gasteiger partial charge in [-0.2, -0.15) is 0 Å². The van der Waals surface area contributed by atoms with Crippen LogP contribution < -0.4 is 11.2 Å². The summed E-state index contributed by atoms with van der Waals surface area (Å²) in [4.78, 5) is 26.2. The summed E-state index contributed by atoms with van der Waals surface area (Å²) < 4.78 is 0. The molecule has 0 saturated carbocycles. The van der Waals surface area contributed by atoms with Crippen molar-refractivity contribution in [3.63, 3.8) is 0 Å². The Morgan fingerprint density at radius 3 is 1.96 bits per heavy atom. The van der Waals surface area contributed by atoms with Gasteiger partial charge in [-0.25, -0.2) is 9.59 Å². The number of benzene rings is 2. The Kier molecular flexibility index (Phi) is 7.25. The van der Waals surface area contributed by atoms with Crippen molar-refractivity contribution in [2.75, 3.05) is 17.8 Å². The van der Waals surface area contributed by atoms with Gasteiger partial charge in [-0.15, -0.1) is 0 Å². The molecule has 0 heterocycles. The summed E-state index contributed by atoms with van der Waals surface area (Å²) in [6.45, 7) is 4.04. The van der Waals surface area contributed by atoms with E-state index in [1.807, 2.05) is 31.2 Å². The number of carbonyl (C=O) groups is 2. The molecule has 0 aliphatic rings. The summed E-state index contributed by atoms with van der Waals surface area (Å²) in [5.74, 6) is -2.22. The maximum Gasteiger partial charge on any atom is 0.335 e. The van der Waals surface area contributed by atoms with Gasteiger partial charge in [-0.1, -0.05) is 6.07 Å². The third kappa shape index (κ3) is 5.62. The Labute approximate surface area is 139 Å². The summed E-state index contributed by atoms with van der Waals surface area (Å²) in [5.41, 5.74) is 10.3. The normalized spacial score (nSPS) is 9.58. The van der Waals surface area contributed by atoms with E-state index in [1.54, 1.807) is 0 Å². The van der Waals surface area contributed by atoms with Gasteiger partial charge in [0.1, 0.15) is 0 Å². The quantitative estimate of drug-likeness (QED) is 0.490. The van der Waals surface area contributed by atoms with E-state index in [-0.39, 0.29) is 16.7 Å². The SMILES string of the molecule is CCONc1ccc(N)cc1.Cc1c(C(=O)O)cccc1C(=O)O. The second-order valence-corrected chi connectivity index (χ2v) is 4.75. The van der Waals surface area contributed by atoms with Crippen LogP contribution in [0.15, 0.2) is 42.5 Å². The average Bonchev–Trinajstić information content (AvgIpc) is 2.54. The van der Waals surface area contributed by atoms with Crippen molar-refractivity contribution in [1.29, 1.82) is 0 Å². The molecule has 7 nitrogen and oxygen atoms in total. The van der Waals surface area contributed by atoms with E-state index in [0.717, 1.165) is 11.4 Å². The molecule has 128 valence electrons. The number of aromatic carboxylic acids is 2. The van der Waals surface area contributed by atoms with Crippen LogP contribution in [0.1, 0.15) is 33.2 Å². The number of hydrogen-bond donors (Lipinski definition) is 4. The number of rotatable bonds is 5. The van der Waals surface area contributed by atoms with Crippen LogP contribution in [0.3, 0.4) is 0 Å². The summed E-state index contributed by atoms with van der Waals surface area (Å²) in [5, 5.41) is 17.4. The second-order valence-electron chi connectivity index (χ2n) is 4.75. The first-order valence-corrected chi connectivity index (χ1v) is 7.16. The lowest BCUT2D eigenvalue weighted by Crippen LogP contribution is -2.06. The van der Waals surface area contributed by atoms with E-state index >= 15 is 0 Å². The predicted octanol–water partition coefficient (Wildman–Crippen LogP) is 3.02. The molecule has 0 fully saturated rings. The van der Waals surface area contributed by atoms with E-state index in [1.165, 1.54) is 25.1 Å². The maximum absolute atomic E-state index is 10.6. The van der Waals surface area contributed by atoms with Crippen LogP contribution in [-0.4, -0.2) is 28.8 Å². The molecule has 0 bridgehead atoms. The number of nitrogens with two attached hydrogens (primary N) is 1. The molecule has 24 heavy (non-hydrogen) atoms. The van der Waals surface area contributed by atoms with Crippen molar-refractivity contribution >= 4 is 23.3 Å². The molecule has 0 radical (unpaired) electrons. The van der Waals surface area contributed by atoms with Crippen molar-refractivity contribution in [2.24, 2.45) is 0 Å². The lowest BCUT2D eigenvalue weighted by atomic mass is 10.0. The van der Waals surface area contributed by atoms with Crippen LogP contribution in [0.4, 0.5) is 11.4 Å². The number of nitrogen functional groups attached to an aromatic ring is 1. The largest absolute Gasteiger partial charge is 0.478 e. The zero-order valence-corrected chi connectivity index (χ0v) is 13.4. The highest BCUT2D eigenvalue weighted by Crippen LogP contribution is 2.13. The Bertz CT molecular complexity index is 666. The van der Waals surface area contributed by atoms with Gasteiger partial charge in [0.2, 0.25) is 0 Å². The Balaban J connectivity index is 0.000000243. The summed E-state index contributed by atoms with van der Waals surface area (Å²) >= 11 is 0. The lowest BCUT2D eigenvalue weighted by Gasteiger charge is -2.03. The third-order valence-corrected chi connectivity index (χ3v) is 3.04. The van der Waals surface area contributed by atoms with Crippen molar-refractivity contribution in [2.45, 2.75) is 13.8 Å². The first-order valence-electron chi connectivity index (χ1n) is 7.16. The van der Waals surface area contributed by atoms with Crippen LogP contribution in [0, 0.1) is 6.92 Å². The molecule has 2 aromatic rings. The first kappa shape index (κ1) is 19.0. The highest BCUT2D eigenvalue weighted by molar-refractivity contribution is 5.96. The molecule has 2 rings (SSSR count). The minimum Gasteiger partial charge on any atom is -0.478 e. The smallest absolute Gasteiger partial charge is 0.335 e. The van der Waals surface area contributed by atoms with Gasteiger partial charge in [0, 0.05) is 5.69 Å². The maximum atomic E-state index is 10.6. The first-order chi connectivity index (χ1) is 11.4. The average molecular weight is 332 g/mol. The summed E-state index contributed by atoms with van der Waals surface area (Å²) in [6, 6.07) is 11.5. The minimum atomic E-state index is -1.11. The van der Waals surface area contributed by atoms with E-state index < -0.39 is 11.9 Å². The number of nitrogens with one attached hydrogen (secondary N) is 1. The van der Waals surface area contributed by atoms with E-state index in [0.29, 0.717) is 6.61 Å². The second kappa shape index (κ2) is 9.16. The third-order valence-electron chi connectivity index (χ3n) is 3.04. The Hall–Kier alpha value is -3.06. The standard InChI is InChI=1S/C9H8O4.C8H12N2O/c1-5-6(8(10)11)3-2-4-7(5)9(12)13;1-2-11-10-8-5-3-7(9)4-6-8/h2-4H,1H3,(H,10,11)(H,12,13);3-6,10H,2,9H2,1H3. The topological polar surface area (TPSA) is 122 Å². The molecular weight excluding hydrogens is 312 g/mol. The van der Waals surface area contributed by atoms with Crippen molar-refractivity contribution in [3.05, 3.63) is 59.2 Å². The van der Waals surface area contributed by atoms with Crippen LogP contribution in [0.25, 0.3) is 0 Å². The van der Waals surface area contributed by atoms with Crippen molar-refractivity contribution in [3.8, 4) is 0 Å². The summed E-state index contributed by atoms with van der Waals surface area (Å²) in [7, 11) is 0. The van der Waals surface area contributed by atoms with Gasteiger partial charge in [0.05, 0.1) is 23.4 Å². The molecule has 0 spiro atoms. The highest BCUT2D eigenvalue weighted by atomic mass is 16.6. The molecule has 2 aromatic carbocycles. The molecule has 0 atom stereocenters. The Morgan fingerprint density at radius 2 is 1.54 bits per heavy atom. The number of anilines is 2. The van der Waals surface area contributed by atoms with Gasteiger partial charge in [0.25, 0.3) is 0 Å². The van der Waals surface area contributed by atoms with Gasteiger partial charge in [0.15, 0.2) is 0 Å².